The Kier molecular flexibility index (Phi) is 4.50. The van der Waals surface area contributed by atoms with Crippen LogP contribution in [0.4, 0.5) is 11.4 Å². The second kappa shape index (κ2) is 6.12. The lowest BCUT2D eigenvalue weighted by atomic mass is 10.2. The van der Waals surface area contributed by atoms with Gasteiger partial charge < -0.3 is 20.3 Å². The van der Waals surface area contributed by atoms with Crippen LogP contribution in [0, 0.1) is 0 Å². The van der Waals surface area contributed by atoms with Gasteiger partial charge in [-0.05, 0) is 18.2 Å². The Morgan fingerprint density at radius 1 is 1.47 bits per heavy atom. The molecule has 1 heterocycles. The maximum atomic E-state index is 12.1. The van der Waals surface area contributed by atoms with Crippen molar-refractivity contribution >= 4 is 28.9 Å². The number of halogens is 1. The molecule has 0 saturated carbocycles. The lowest BCUT2D eigenvalue weighted by molar-refractivity contribution is -0.133. The standard InChI is InChI=1S/C13H18ClN3O2/c1-16(12-8-10(14)2-3-11(12)15)9-13(18)17-4-6-19-7-5-17/h2-3,8H,4-7,9,15H2,1H3. The minimum Gasteiger partial charge on any atom is -0.397 e. The zero-order valence-electron chi connectivity index (χ0n) is 10.9. The molecule has 2 rings (SSSR count). The molecular weight excluding hydrogens is 266 g/mol. The van der Waals surface area contributed by atoms with Crippen molar-refractivity contribution in [1.29, 1.82) is 0 Å². The van der Waals surface area contributed by atoms with Crippen molar-refractivity contribution in [3.63, 3.8) is 0 Å². The van der Waals surface area contributed by atoms with Crippen LogP contribution < -0.4 is 10.6 Å². The molecule has 1 amide bonds. The van der Waals surface area contributed by atoms with Crippen molar-refractivity contribution in [3.8, 4) is 0 Å². The van der Waals surface area contributed by atoms with Crippen LogP contribution in [0.5, 0.6) is 0 Å². The molecule has 104 valence electrons. The molecule has 0 spiro atoms. The van der Waals surface area contributed by atoms with Gasteiger partial charge in [0.2, 0.25) is 5.91 Å². The number of carbonyl (C=O) groups excluding carboxylic acids is 1. The average Bonchev–Trinajstić information content (AvgIpc) is 2.42. The molecule has 0 atom stereocenters. The van der Waals surface area contributed by atoms with Gasteiger partial charge in [0.05, 0.1) is 31.1 Å². The summed E-state index contributed by atoms with van der Waals surface area (Å²) in [6.45, 7) is 2.80. The lowest BCUT2D eigenvalue weighted by Gasteiger charge is -2.29. The molecule has 6 heteroatoms. The van der Waals surface area contributed by atoms with Gasteiger partial charge in [0, 0.05) is 25.2 Å². The van der Waals surface area contributed by atoms with E-state index in [-0.39, 0.29) is 12.5 Å². The zero-order chi connectivity index (χ0) is 13.8. The molecule has 0 bridgehead atoms. The molecule has 1 aromatic rings. The van der Waals surface area contributed by atoms with Crippen molar-refractivity contribution in [2.45, 2.75) is 0 Å². The smallest absolute Gasteiger partial charge is 0.242 e. The summed E-state index contributed by atoms with van der Waals surface area (Å²) in [5.41, 5.74) is 7.28. The minimum atomic E-state index is 0.0742. The average molecular weight is 284 g/mol. The first-order valence-electron chi connectivity index (χ1n) is 6.19. The molecular formula is C13H18ClN3O2. The topological polar surface area (TPSA) is 58.8 Å². The lowest BCUT2D eigenvalue weighted by Crippen LogP contribution is -2.45. The Bertz CT molecular complexity index is 461. The molecule has 1 aliphatic heterocycles. The molecule has 0 unspecified atom stereocenters. The van der Waals surface area contributed by atoms with Gasteiger partial charge in [-0.15, -0.1) is 0 Å². The van der Waals surface area contributed by atoms with E-state index in [0.717, 1.165) is 5.69 Å². The summed E-state index contributed by atoms with van der Waals surface area (Å²) in [5, 5.41) is 0.606. The summed E-state index contributed by atoms with van der Waals surface area (Å²) in [6, 6.07) is 5.24. The fraction of sp³-hybridized carbons (Fsp3) is 0.462. The number of hydrogen-bond acceptors (Lipinski definition) is 4. The Morgan fingerprint density at radius 2 is 2.16 bits per heavy atom. The third kappa shape index (κ3) is 3.52. The van der Waals surface area contributed by atoms with Crippen LogP contribution in [0.15, 0.2) is 18.2 Å². The van der Waals surface area contributed by atoms with E-state index in [4.69, 9.17) is 22.1 Å². The summed E-state index contributed by atoms with van der Waals surface area (Å²) in [6.07, 6.45) is 0. The summed E-state index contributed by atoms with van der Waals surface area (Å²) >= 11 is 5.95. The first-order chi connectivity index (χ1) is 9.08. The maximum absolute atomic E-state index is 12.1. The van der Waals surface area contributed by atoms with Crippen LogP contribution in [0.3, 0.4) is 0 Å². The zero-order valence-corrected chi connectivity index (χ0v) is 11.7. The van der Waals surface area contributed by atoms with Gasteiger partial charge in [-0.2, -0.15) is 0 Å². The van der Waals surface area contributed by atoms with E-state index in [1.807, 2.05) is 11.9 Å². The van der Waals surface area contributed by atoms with Crippen LogP contribution in [-0.2, 0) is 9.53 Å². The summed E-state index contributed by atoms with van der Waals surface area (Å²) in [5.74, 6) is 0.0742. The molecule has 0 aromatic heterocycles. The van der Waals surface area contributed by atoms with Gasteiger partial charge in [0.1, 0.15) is 0 Å². The Balaban J connectivity index is 2.01. The number of nitrogens with zero attached hydrogens (tertiary/aromatic N) is 2. The number of amides is 1. The summed E-state index contributed by atoms with van der Waals surface area (Å²) < 4.78 is 5.23. The molecule has 0 aliphatic carbocycles. The number of hydrogen-bond donors (Lipinski definition) is 1. The highest BCUT2D eigenvalue weighted by molar-refractivity contribution is 6.31. The van der Waals surface area contributed by atoms with E-state index in [1.54, 1.807) is 23.1 Å². The molecule has 1 saturated heterocycles. The molecule has 0 radical (unpaired) electrons. The molecule has 1 aromatic carbocycles. The Hall–Kier alpha value is -1.46. The van der Waals surface area contributed by atoms with E-state index in [9.17, 15) is 4.79 Å². The molecule has 19 heavy (non-hydrogen) atoms. The quantitative estimate of drug-likeness (QED) is 0.848. The first-order valence-corrected chi connectivity index (χ1v) is 6.57. The predicted molar refractivity (Wildman–Crippen MR) is 76.5 cm³/mol. The molecule has 5 nitrogen and oxygen atoms in total. The molecule has 1 aliphatic rings. The third-order valence-electron chi connectivity index (χ3n) is 3.14. The van der Waals surface area contributed by atoms with Crippen molar-refractivity contribution in [2.75, 3.05) is 50.5 Å². The van der Waals surface area contributed by atoms with Crippen molar-refractivity contribution in [1.82, 2.24) is 4.90 Å². The fourth-order valence-corrected chi connectivity index (χ4v) is 2.21. The highest BCUT2D eigenvalue weighted by Gasteiger charge is 2.19. The van der Waals surface area contributed by atoms with Crippen molar-refractivity contribution in [2.24, 2.45) is 0 Å². The molecule has 1 fully saturated rings. The van der Waals surface area contributed by atoms with E-state index >= 15 is 0 Å². The number of nitrogen functional groups attached to an aromatic ring is 1. The van der Waals surface area contributed by atoms with Crippen LogP contribution in [0.25, 0.3) is 0 Å². The van der Waals surface area contributed by atoms with Crippen LogP contribution in [0.2, 0.25) is 5.02 Å². The monoisotopic (exact) mass is 283 g/mol. The third-order valence-corrected chi connectivity index (χ3v) is 3.38. The van der Waals surface area contributed by atoms with Crippen molar-refractivity contribution < 1.29 is 9.53 Å². The number of nitrogens with two attached hydrogens (primary N) is 1. The normalized spacial score (nSPS) is 15.4. The van der Waals surface area contributed by atoms with E-state index < -0.39 is 0 Å². The SMILES string of the molecule is CN(CC(=O)N1CCOCC1)c1cc(Cl)ccc1N. The summed E-state index contributed by atoms with van der Waals surface area (Å²) in [7, 11) is 1.83. The van der Waals surface area contributed by atoms with E-state index in [2.05, 4.69) is 0 Å². The predicted octanol–water partition coefficient (Wildman–Crippen LogP) is 1.22. The number of morpholine rings is 1. The number of benzene rings is 1. The van der Waals surface area contributed by atoms with Gasteiger partial charge in [0.25, 0.3) is 0 Å². The number of ether oxygens (including phenoxy) is 1. The highest BCUT2D eigenvalue weighted by atomic mass is 35.5. The van der Waals surface area contributed by atoms with Gasteiger partial charge in [-0.1, -0.05) is 11.6 Å². The number of likely N-dealkylation sites (N-methyl/N-ethyl adjacent to an activating group) is 1. The molecule has 2 N–H and O–H groups in total. The summed E-state index contributed by atoms with van der Waals surface area (Å²) in [4.78, 5) is 15.8. The van der Waals surface area contributed by atoms with Gasteiger partial charge in [-0.3, -0.25) is 4.79 Å². The van der Waals surface area contributed by atoms with Crippen LogP contribution in [0.1, 0.15) is 0 Å². The fourth-order valence-electron chi connectivity index (χ4n) is 2.05. The van der Waals surface area contributed by atoms with Gasteiger partial charge >= 0.3 is 0 Å². The minimum absolute atomic E-state index is 0.0742. The Morgan fingerprint density at radius 3 is 2.84 bits per heavy atom. The first kappa shape index (κ1) is 14.0. The number of carbonyl (C=O) groups is 1. The second-order valence-corrected chi connectivity index (χ2v) is 4.99. The van der Waals surface area contributed by atoms with Gasteiger partial charge in [-0.25, -0.2) is 0 Å². The largest absolute Gasteiger partial charge is 0.397 e. The van der Waals surface area contributed by atoms with Crippen LogP contribution >= 0.6 is 11.6 Å². The number of rotatable bonds is 3. The van der Waals surface area contributed by atoms with Crippen molar-refractivity contribution in [3.05, 3.63) is 23.2 Å². The van der Waals surface area contributed by atoms with Crippen LogP contribution in [-0.4, -0.2) is 50.7 Å². The van der Waals surface area contributed by atoms with E-state index in [1.165, 1.54) is 0 Å². The number of anilines is 2. The second-order valence-electron chi connectivity index (χ2n) is 4.55. The van der Waals surface area contributed by atoms with Gasteiger partial charge in [0.15, 0.2) is 0 Å². The highest BCUT2D eigenvalue weighted by Crippen LogP contribution is 2.25. The van der Waals surface area contributed by atoms with E-state index in [0.29, 0.717) is 37.0 Å². The maximum Gasteiger partial charge on any atom is 0.242 e. The Labute approximate surface area is 117 Å².